The number of aryl methyl sites for hydroxylation is 1. The lowest BCUT2D eigenvalue weighted by atomic mass is 9.94. The first-order valence-corrected chi connectivity index (χ1v) is 4.88. The van der Waals surface area contributed by atoms with Crippen molar-refractivity contribution in [3.63, 3.8) is 0 Å². The first-order chi connectivity index (χ1) is 6.44. The summed E-state index contributed by atoms with van der Waals surface area (Å²) in [5.41, 5.74) is 1.75. The van der Waals surface area contributed by atoms with E-state index in [2.05, 4.69) is 19.2 Å². The maximum absolute atomic E-state index is 13.2. The van der Waals surface area contributed by atoms with Crippen LogP contribution in [0.2, 0.25) is 0 Å². The summed E-state index contributed by atoms with van der Waals surface area (Å²) < 4.78 is 13.2. The van der Waals surface area contributed by atoms with Crippen LogP contribution in [0.3, 0.4) is 0 Å². The van der Waals surface area contributed by atoms with E-state index in [-0.39, 0.29) is 11.4 Å². The highest BCUT2D eigenvalue weighted by molar-refractivity contribution is 5.24. The minimum atomic E-state index is -0.116. The van der Waals surface area contributed by atoms with E-state index in [1.165, 1.54) is 0 Å². The van der Waals surface area contributed by atoms with Crippen LogP contribution in [-0.2, 0) is 6.42 Å². The van der Waals surface area contributed by atoms with Gasteiger partial charge in [0.2, 0.25) is 0 Å². The summed E-state index contributed by atoms with van der Waals surface area (Å²) in [6, 6.07) is 5.43. The van der Waals surface area contributed by atoms with Crippen molar-refractivity contribution < 1.29 is 4.39 Å². The zero-order valence-electron chi connectivity index (χ0n) is 9.32. The van der Waals surface area contributed by atoms with Gasteiger partial charge in [-0.2, -0.15) is 0 Å². The number of hydrogen-bond acceptors (Lipinski definition) is 1. The molecule has 0 bridgehead atoms. The molecule has 1 aromatic carbocycles. The lowest BCUT2D eigenvalue weighted by Crippen LogP contribution is -2.38. The second kappa shape index (κ2) is 4.09. The molecule has 0 saturated heterocycles. The number of halogens is 1. The van der Waals surface area contributed by atoms with Gasteiger partial charge in [-0.05, 0) is 51.4 Å². The Hall–Kier alpha value is -0.890. The number of rotatable bonds is 3. The van der Waals surface area contributed by atoms with Gasteiger partial charge < -0.3 is 5.32 Å². The molecule has 1 aromatic rings. The molecular formula is C12H18FN. The molecule has 0 aliphatic carbocycles. The van der Waals surface area contributed by atoms with Crippen molar-refractivity contribution in [2.75, 3.05) is 7.05 Å². The van der Waals surface area contributed by atoms with Gasteiger partial charge in [0.15, 0.2) is 0 Å². The van der Waals surface area contributed by atoms with Crippen LogP contribution in [0.15, 0.2) is 18.2 Å². The highest BCUT2D eigenvalue weighted by atomic mass is 19.1. The summed E-state index contributed by atoms with van der Waals surface area (Å²) in [6.45, 7) is 5.98. The van der Waals surface area contributed by atoms with Crippen LogP contribution in [0.5, 0.6) is 0 Å². The topological polar surface area (TPSA) is 12.0 Å². The van der Waals surface area contributed by atoms with Crippen LogP contribution in [0, 0.1) is 12.7 Å². The van der Waals surface area contributed by atoms with E-state index < -0.39 is 0 Å². The number of nitrogens with one attached hydrogen (secondary N) is 1. The summed E-state index contributed by atoms with van der Waals surface area (Å²) in [5, 5.41) is 3.20. The molecule has 0 spiro atoms. The Morgan fingerprint density at radius 1 is 1.36 bits per heavy atom. The molecule has 0 aliphatic heterocycles. The molecule has 1 rings (SSSR count). The van der Waals surface area contributed by atoms with Crippen LogP contribution in [0.4, 0.5) is 4.39 Å². The summed E-state index contributed by atoms with van der Waals surface area (Å²) in [6.07, 6.45) is 0.834. The Morgan fingerprint density at radius 2 is 2.00 bits per heavy atom. The second-order valence-corrected chi connectivity index (χ2v) is 4.39. The Bertz CT molecular complexity index is 318. The fourth-order valence-corrected chi connectivity index (χ4v) is 1.35. The number of hydrogen-bond donors (Lipinski definition) is 1. The third kappa shape index (κ3) is 2.81. The first kappa shape index (κ1) is 11.2. The van der Waals surface area contributed by atoms with Crippen molar-refractivity contribution in [3.05, 3.63) is 35.1 Å². The van der Waals surface area contributed by atoms with E-state index in [1.807, 2.05) is 19.2 Å². The lowest BCUT2D eigenvalue weighted by Gasteiger charge is -2.24. The normalized spacial score (nSPS) is 11.8. The molecule has 78 valence electrons. The van der Waals surface area contributed by atoms with Gasteiger partial charge in [-0.15, -0.1) is 0 Å². The van der Waals surface area contributed by atoms with Gasteiger partial charge in [0.25, 0.3) is 0 Å². The summed E-state index contributed by atoms with van der Waals surface area (Å²) in [7, 11) is 1.92. The standard InChI is InChI=1S/C12H18FN/c1-9-5-6-10(7-11(9)13)8-12(2,3)14-4/h5-7,14H,8H2,1-4H3. The monoisotopic (exact) mass is 195 g/mol. The number of benzene rings is 1. The molecular weight excluding hydrogens is 177 g/mol. The third-order valence-electron chi connectivity index (χ3n) is 2.56. The molecule has 0 aromatic heterocycles. The van der Waals surface area contributed by atoms with Crippen molar-refractivity contribution in [3.8, 4) is 0 Å². The van der Waals surface area contributed by atoms with E-state index in [0.29, 0.717) is 5.56 Å². The highest BCUT2D eigenvalue weighted by Crippen LogP contribution is 2.15. The van der Waals surface area contributed by atoms with Gasteiger partial charge in [0.1, 0.15) is 5.82 Å². The van der Waals surface area contributed by atoms with Gasteiger partial charge in [0.05, 0.1) is 0 Å². The minimum Gasteiger partial charge on any atom is -0.314 e. The van der Waals surface area contributed by atoms with Crippen LogP contribution in [-0.4, -0.2) is 12.6 Å². The van der Waals surface area contributed by atoms with Crippen molar-refractivity contribution in [1.29, 1.82) is 0 Å². The fraction of sp³-hybridized carbons (Fsp3) is 0.500. The van der Waals surface area contributed by atoms with Crippen LogP contribution in [0.25, 0.3) is 0 Å². The molecule has 0 atom stereocenters. The fourth-order valence-electron chi connectivity index (χ4n) is 1.35. The summed E-state index contributed by atoms with van der Waals surface area (Å²) in [5.74, 6) is -0.116. The SMILES string of the molecule is CNC(C)(C)Cc1ccc(C)c(F)c1. The van der Waals surface area contributed by atoms with E-state index in [4.69, 9.17) is 0 Å². The third-order valence-corrected chi connectivity index (χ3v) is 2.56. The van der Waals surface area contributed by atoms with Crippen LogP contribution in [0.1, 0.15) is 25.0 Å². The average Bonchev–Trinajstić information content (AvgIpc) is 2.11. The quantitative estimate of drug-likeness (QED) is 0.782. The number of likely N-dealkylation sites (N-methyl/N-ethyl adjacent to an activating group) is 1. The van der Waals surface area contributed by atoms with E-state index in [9.17, 15) is 4.39 Å². The average molecular weight is 195 g/mol. The molecule has 1 N–H and O–H groups in total. The molecule has 0 aliphatic rings. The molecule has 0 heterocycles. The molecule has 0 saturated carbocycles. The van der Waals surface area contributed by atoms with E-state index in [1.54, 1.807) is 13.0 Å². The molecule has 0 amide bonds. The molecule has 1 nitrogen and oxygen atoms in total. The Balaban J connectivity index is 2.83. The Kier molecular flexibility index (Phi) is 3.27. The zero-order valence-corrected chi connectivity index (χ0v) is 9.32. The van der Waals surface area contributed by atoms with Crippen molar-refractivity contribution in [1.82, 2.24) is 5.32 Å². The molecule has 0 radical (unpaired) electrons. The Morgan fingerprint density at radius 3 is 2.50 bits per heavy atom. The molecule has 14 heavy (non-hydrogen) atoms. The van der Waals surface area contributed by atoms with E-state index in [0.717, 1.165) is 12.0 Å². The first-order valence-electron chi connectivity index (χ1n) is 4.88. The van der Waals surface area contributed by atoms with Gasteiger partial charge in [0, 0.05) is 5.54 Å². The van der Waals surface area contributed by atoms with Gasteiger partial charge >= 0.3 is 0 Å². The van der Waals surface area contributed by atoms with Crippen LogP contribution < -0.4 is 5.32 Å². The van der Waals surface area contributed by atoms with Crippen molar-refractivity contribution in [2.45, 2.75) is 32.7 Å². The van der Waals surface area contributed by atoms with Crippen molar-refractivity contribution in [2.24, 2.45) is 0 Å². The lowest BCUT2D eigenvalue weighted by molar-refractivity contribution is 0.421. The maximum atomic E-state index is 13.2. The highest BCUT2D eigenvalue weighted by Gasteiger charge is 2.15. The predicted octanol–water partition coefficient (Wildman–Crippen LogP) is 2.67. The minimum absolute atomic E-state index is 0.0156. The molecule has 0 unspecified atom stereocenters. The second-order valence-electron chi connectivity index (χ2n) is 4.39. The van der Waals surface area contributed by atoms with Crippen LogP contribution >= 0.6 is 0 Å². The Labute approximate surface area is 85.3 Å². The largest absolute Gasteiger partial charge is 0.314 e. The molecule has 0 fully saturated rings. The molecule has 2 heteroatoms. The predicted molar refractivity (Wildman–Crippen MR) is 58.0 cm³/mol. The smallest absolute Gasteiger partial charge is 0.126 e. The summed E-state index contributed by atoms with van der Waals surface area (Å²) in [4.78, 5) is 0. The summed E-state index contributed by atoms with van der Waals surface area (Å²) >= 11 is 0. The van der Waals surface area contributed by atoms with Gasteiger partial charge in [-0.1, -0.05) is 12.1 Å². The van der Waals surface area contributed by atoms with E-state index >= 15 is 0 Å². The zero-order chi connectivity index (χ0) is 10.8. The van der Waals surface area contributed by atoms with Gasteiger partial charge in [-0.25, -0.2) is 4.39 Å². The van der Waals surface area contributed by atoms with Gasteiger partial charge in [-0.3, -0.25) is 0 Å². The van der Waals surface area contributed by atoms with Crippen molar-refractivity contribution >= 4 is 0 Å². The maximum Gasteiger partial charge on any atom is 0.126 e.